The van der Waals surface area contributed by atoms with Gasteiger partial charge >= 0.3 is 12.0 Å². The first-order chi connectivity index (χ1) is 10.4. The molecule has 3 amide bonds. The van der Waals surface area contributed by atoms with Crippen molar-refractivity contribution in [2.24, 2.45) is 0 Å². The highest BCUT2D eigenvalue weighted by molar-refractivity contribution is 5.93. The van der Waals surface area contributed by atoms with Crippen molar-refractivity contribution in [2.75, 3.05) is 11.9 Å². The third kappa shape index (κ3) is 5.82. The molecule has 0 saturated heterocycles. The van der Waals surface area contributed by atoms with Gasteiger partial charge in [0.2, 0.25) is 0 Å². The zero-order chi connectivity index (χ0) is 16.5. The zero-order valence-electron chi connectivity index (χ0n) is 12.9. The van der Waals surface area contributed by atoms with Gasteiger partial charge in [-0.25, -0.2) is 9.59 Å². The summed E-state index contributed by atoms with van der Waals surface area (Å²) in [5.74, 6) is -1.06. The second kappa shape index (κ2) is 8.66. The van der Waals surface area contributed by atoms with Crippen molar-refractivity contribution < 1.29 is 19.1 Å². The van der Waals surface area contributed by atoms with E-state index in [2.05, 4.69) is 16.0 Å². The van der Waals surface area contributed by atoms with Crippen molar-refractivity contribution in [3.63, 3.8) is 0 Å². The van der Waals surface area contributed by atoms with Crippen LogP contribution in [0.4, 0.5) is 10.5 Å². The SMILES string of the molecule is CCNC(=O)[C@H](C)OC(=O)[C@H](C)NC(=O)Nc1ccccc1. The summed E-state index contributed by atoms with van der Waals surface area (Å²) in [5, 5.41) is 7.58. The highest BCUT2D eigenvalue weighted by atomic mass is 16.5. The summed E-state index contributed by atoms with van der Waals surface area (Å²) < 4.78 is 4.98. The van der Waals surface area contributed by atoms with E-state index in [1.165, 1.54) is 13.8 Å². The fourth-order valence-electron chi connectivity index (χ4n) is 1.59. The Hall–Kier alpha value is -2.57. The van der Waals surface area contributed by atoms with Crippen molar-refractivity contribution in [1.82, 2.24) is 10.6 Å². The number of nitrogens with one attached hydrogen (secondary N) is 3. The van der Waals surface area contributed by atoms with Gasteiger partial charge in [-0.2, -0.15) is 0 Å². The number of urea groups is 1. The minimum Gasteiger partial charge on any atom is -0.451 e. The van der Waals surface area contributed by atoms with Crippen LogP contribution in [0.5, 0.6) is 0 Å². The number of amides is 3. The molecule has 0 aliphatic heterocycles. The summed E-state index contributed by atoms with van der Waals surface area (Å²) in [6.45, 7) is 5.18. The Balaban J connectivity index is 2.43. The van der Waals surface area contributed by atoms with E-state index in [9.17, 15) is 14.4 Å². The molecule has 7 heteroatoms. The monoisotopic (exact) mass is 307 g/mol. The molecule has 0 aromatic heterocycles. The Morgan fingerprint density at radius 1 is 1.14 bits per heavy atom. The van der Waals surface area contributed by atoms with Gasteiger partial charge < -0.3 is 20.7 Å². The topological polar surface area (TPSA) is 96.5 Å². The molecule has 0 radical (unpaired) electrons. The zero-order valence-corrected chi connectivity index (χ0v) is 12.9. The second-order valence-corrected chi connectivity index (χ2v) is 4.66. The number of carbonyl (C=O) groups is 3. The molecule has 0 aliphatic rings. The molecular weight excluding hydrogens is 286 g/mol. The number of benzene rings is 1. The van der Waals surface area contributed by atoms with E-state index in [-0.39, 0.29) is 5.91 Å². The lowest BCUT2D eigenvalue weighted by Crippen LogP contribution is -2.44. The van der Waals surface area contributed by atoms with E-state index >= 15 is 0 Å². The van der Waals surface area contributed by atoms with Crippen LogP contribution in [0.2, 0.25) is 0 Å². The van der Waals surface area contributed by atoms with Crippen LogP contribution in [0, 0.1) is 0 Å². The summed E-state index contributed by atoms with van der Waals surface area (Å²) in [7, 11) is 0. The molecule has 7 nitrogen and oxygen atoms in total. The number of ether oxygens (including phenoxy) is 1. The van der Waals surface area contributed by atoms with E-state index in [4.69, 9.17) is 4.74 Å². The van der Waals surface area contributed by atoms with Gasteiger partial charge in [0.25, 0.3) is 5.91 Å². The number of para-hydroxylation sites is 1. The van der Waals surface area contributed by atoms with Crippen molar-refractivity contribution in [2.45, 2.75) is 32.9 Å². The highest BCUT2D eigenvalue weighted by Crippen LogP contribution is 2.04. The second-order valence-electron chi connectivity index (χ2n) is 4.66. The summed E-state index contributed by atoms with van der Waals surface area (Å²) in [6.07, 6.45) is -0.908. The van der Waals surface area contributed by atoms with Crippen LogP contribution in [0.1, 0.15) is 20.8 Å². The van der Waals surface area contributed by atoms with Gasteiger partial charge in [0.15, 0.2) is 6.10 Å². The first-order valence-corrected chi connectivity index (χ1v) is 7.04. The number of hydrogen-bond acceptors (Lipinski definition) is 4. The van der Waals surface area contributed by atoms with E-state index in [1.54, 1.807) is 31.2 Å². The van der Waals surface area contributed by atoms with Crippen LogP contribution in [0.15, 0.2) is 30.3 Å². The third-order valence-electron chi connectivity index (χ3n) is 2.75. The summed E-state index contributed by atoms with van der Waals surface area (Å²) in [5.41, 5.74) is 0.608. The van der Waals surface area contributed by atoms with E-state index in [1.807, 2.05) is 6.07 Å². The van der Waals surface area contributed by atoms with Gasteiger partial charge in [-0.3, -0.25) is 4.79 Å². The number of carbonyl (C=O) groups excluding carboxylic acids is 3. The first kappa shape index (κ1) is 17.5. The lowest BCUT2D eigenvalue weighted by Gasteiger charge is -2.17. The molecule has 120 valence electrons. The predicted molar refractivity (Wildman–Crippen MR) is 82.3 cm³/mol. The third-order valence-corrected chi connectivity index (χ3v) is 2.75. The molecule has 0 spiro atoms. The van der Waals surface area contributed by atoms with Gasteiger partial charge in [-0.15, -0.1) is 0 Å². The molecule has 22 heavy (non-hydrogen) atoms. The summed E-state index contributed by atoms with van der Waals surface area (Å²) in [6, 6.07) is 7.43. The Kier molecular flexibility index (Phi) is 6.88. The van der Waals surface area contributed by atoms with Crippen LogP contribution in [-0.2, 0) is 14.3 Å². The molecule has 1 aromatic carbocycles. The van der Waals surface area contributed by atoms with Crippen LogP contribution in [0.25, 0.3) is 0 Å². The fraction of sp³-hybridized carbons (Fsp3) is 0.400. The molecular formula is C15H21N3O4. The number of hydrogen-bond donors (Lipinski definition) is 3. The number of esters is 1. The molecule has 0 aliphatic carbocycles. The predicted octanol–water partition coefficient (Wildman–Crippen LogP) is 1.26. The standard InChI is InChI=1S/C15H21N3O4/c1-4-16-13(19)11(3)22-14(20)10(2)17-15(21)18-12-8-6-5-7-9-12/h5-11H,4H2,1-3H3,(H,16,19)(H2,17,18,21)/t10-,11-/m0/s1. The molecule has 0 unspecified atom stereocenters. The van der Waals surface area contributed by atoms with Crippen molar-refractivity contribution in [3.05, 3.63) is 30.3 Å². The fourth-order valence-corrected chi connectivity index (χ4v) is 1.59. The van der Waals surface area contributed by atoms with Crippen LogP contribution < -0.4 is 16.0 Å². The maximum absolute atomic E-state index is 11.8. The van der Waals surface area contributed by atoms with Crippen LogP contribution in [0.3, 0.4) is 0 Å². The molecule has 2 atom stereocenters. The van der Waals surface area contributed by atoms with Crippen molar-refractivity contribution in [3.8, 4) is 0 Å². The number of rotatable bonds is 6. The molecule has 0 heterocycles. The molecule has 0 bridgehead atoms. The lowest BCUT2D eigenvalue weighted by atomic mass is 10.3. The summed E-state index contributed by atoms with van der Waals surface area (Å²) in [4.78, 5) is 35.0. The van der Waals surface area contributed by atoms with Crippen LogP contribution in [-0.4, -0.2) is 36.6 Å². The Morgan fingerprint density at radius 2 is 1.77 bits per heavy atom. The smallest absolute Gasteiger partial charge is 0.329 e. The van der Waals surface area contributed by atoms with Gasteiger partial charge in [-0.05, 0) is 32.9 Å². The maximum atomic E-state index is 11.8. The lowest BCUT2D eigenvalue weighted by molar-refractivity contribution is -0.156. The van der Waals surface area contributed by atoms with Crippen LogP contribution >= 0.6 is 0 Å². The van der Waals surface area contributed by atoms with E-state index in [0.717, 1.165) is 0 Å². The van der Waals surface area contributed by atoms with Gasteiger partial charge in [-0.1, -0.05) is 18.2 Å². The average Bonchev–Trinajstić information content (AvgIpc) is 2.48. The Bertz CT molecular complexity index is 519. The molecule has 1 rings (SSSR count). The maximum Gasteiger partial charge on any atom is 0.329 e. The largest absolute Gasteiger partial charge is 0.451 e. The molecule has 3 N–H and O–H groups in total. The van der Waals surface area contributed by atoms with Gasteiger partial charge in [0, 0.05) is 12.2 Å². The quantitative estimate of drug-likeness (QED) is 0.689. The minimum absolute atomic E-state index is 0.378. The molecule has 0 saturated carbocycles. The normalized spacial score (nSPS) is 12.7. The van der Waals surface area contributed by atoms with Crippen molar-refractivity contribution >= 4 is 23.6 Å². The number of anilines is 1. The average molecular weight is 307 g/mol. The van der Waals surface area contributed by atoms with Crippen molar-refractivity contribution in [1.29, 1.82) is 0 Å². The highest BCUT2D eigenvalue weighted by Gasteiger charge is 2.22. The Labute approximate surface area is 129 Å². The first-order valence-electron chi connectivity index (χ1n) is 7.04. The van der Waals surface area contributed by atoms with E-state index in [0.29, 0.717) is 12.2 Å². The number of likely N-dealkylation sites (N-methyl/N-ethyl adjacent to an activating group) is 1. The Morgan fingerprint density at radius 3 is 2.36 bits per heavy atom. The minimum atomic E-state index is -0.908. The van der Waals surface area contributed by atoms with E-state index < -0.39 is 24.1 Å². The summed E-state index contributed by atoms with van der Waals surface area (Å²) >= 11 is 0. The molecule has 0 fully saturated rings. The molecule has 1 aromatic rings. The van der Waals surface area contributed by atoms with Gasteiger partial charge in [0.1, 0.15) is 6.04 Å². The van der Waals surface area contributed by atoms with Gasteiger partial charge in [0.05, 0.1) is 0 Å².